The highest BCUT2D eigenvalue weighted by Crippen LogP contribution is 2.39. The van der Waals surface area contributed by atoms with Gasteiger partial charge in [-0.05, 0) is 32.6 Å². The van der Waals surface area contributed by atoms with E-state index < -0.39 is 0 Å². The second kappa shape index (κ2) is 4.55. The molecule has 1 fully saturated rings. The van der Waals surface area contributed by atoms with Crippen molar-refractivity contribution in [1.29, 1.82) is 0 Å². The molecule has 0 unspecified atom stereocenters. The summed E-state index contributed by atoms with van der Waals surface area (Å²) in [5, 5.41) is 16.6. The van der Waals surface area contributed by atoms with Crippen molar-refractivity contribution in [3.05, 3.63) is 18.0 Å². The first-order valence-electron chi connectivity index (χ1n) is 5.99. The molecule has 1 aromatic heterocycles. The Morgan fingerprint density at radius 3 is 2.94 bits per heavy atom. The van der Waals surface area contributed by atoms with E-state index in [1.54, 1.807) is 4.68 Å². The van der Waals surface area contributed by atoms with Crippen molar-refractivity contribution < 1.29 is 5.11 Å². The fourth-order valence-corrected chi connectivity index (χ4v) is 2.00. The number of hydrogen-bond acceptors (Lipinski definition) is 3. The molecule has 90 valence electrons. The van der Waals surface area contributed by atoms with Crippen LogP contribution in [-0.4, -0.2) is 27.0 Å². The minimum atomic E-state index is 0.141. The Morgan fingerprint density at radius 2 is 2.31 bits per heavy atom. The number of nitrogens with one attached hydrogen (secondary N) is 1. The van der Waals surface area contributed by atoms with Crippen LogP contribution in [0.2, 0.25) is 0 Å². The Kier molecular flexibility index (Phi) is 3.30. The molecule has 0 aliphatic heterocycles. The van der Waals surface area contributed by atoms with Crippen LogP contribution in [0.15, 0.2) is 12.4 Å². The SMILES string of the molecule is CC(C)(NCc1cnn(CCO)c1)C1CC1. The van der Waals surface area contributed by atoms with Crippen LogP contribution in [0.1, 0.15) is 32.3 Å². The molecule has 1 aliphatic rings. The third-order valence-corrected chi connectivity index (χ3v) is 3.36. The summed E-state index contributed by atoms with van der Waals surface area (Å²) in [5.74, 6) is 0.833. The number of rotatable bonds is 6. The van der Waals surface area contributed by atoms with Crippen molar-refractivity contribution in [2.75, 3.05) is 6.61 Å². The van der Waals surface area contributed by atoms with Crippen molar-refractivity contribution in [2.45, 2.75) is 45.3 Å². The fraction of sp³-hybridized carbons (Fsp3) is 0.750. The van der Waals surface area contributed by atoms with Crippen LogP contribution in [0.5, 0.6) is 0 Å². The lowest BCUT2D eigenvalue weighted by molar-refractivity contribution is 0.269. The predicted octanol–water partition coefficient (Wildman–Crippen LogP) is 1.15. The summed E-state index contributed by atoms with van der Waals surface area (Å²) < 4.78 is 1.78. The van der Waals surface area contributed by atoms with Gasteiger partial charge in [0, 0.05) is 23.8 Å². The number of aliphatic hydroxyl groups is 1. The molecule has 1 saturated carbocycles. The Labute approximate surface area is 96.7 Å². The van der Waals surface area contributed by atoms with Crippen molar-refractivity contribution >= 4 is 0 Å². The highest BCUT2D eigenvalue weighted by molar-refractivity contribution is 5.05. The summed E-state index contributed by atoms with van der Waals surface area (Å²) in [5.41, 5.74) is 1.42. The first-order chi connectivity index (χ1) is 7.62. The molecule has 0 amide bonds. The zero-order chi connectivity index (χ0) is 11.6. The summed E-state index contributed by atoms with van der Waals surface area (Å²) in [6.07, 6.45) is 6.56. The van der Waals surface area contributed by atoms with E-state index in [1.807, 2.05) is 12.4 Å². The molecule has 0 bridgehead atoms. The van der Waals surface area contributed by atoms with Gasteiger partial charge >= 0.3 is 0 Å². The van der Waals surface area contributed by atoms with E-state index in [1.165, 1.54) is 18.4 Å². The first kappa shape index (κ1) is 11.6. The number of nitrogens with zero attached hydrogens (tertiary/aromatic N) is 2. The summed E-state index contributed by atoms with van der Waals surface area (Å²) in [6, 6.07) is 0. The number of hydrogen-bond donors (Lipinski definition) is 2. The normalized spacial score (nSPS) is 16.7. The van der Waals surface area contributed by atoms with Crippen LogP contribution < -0.4 is 5.32 Å². The van der Waals surface area contributed by atoms with E-state index in [9.17, 15) is 0 Å². The monoisotopic (exact) mass is 223 g/mol. The molecule has 1 heterocycles. The van der Waals surface area contributed by atoms with Gasteiger partial charge in [-0.3, -0.25) is 4.68 Å². The molecular weight excluding hydrogens is 202 g/mol. The molecule has 16 heavy (non-hydrogen) atoms. The van der Waals surface area contributed by atoms with Crippen molar-refractivity contribution in [3.63, 3.8) is 0 Å². The molecule has 0 radical (unpaired) electrons. The van der Waals surface area contributed by atoms with Gasteiger partial charge in [-0.15, -0.1) is 0 Å². The molecule has 0 aromatic carbocycles. The highest BCUT2D eigenvalue weighted by Gasteiger charge is 2.37. The minimum absolute atomic E-state index is 0.141. The third kappa shape index (κ3) is 2.83. The molecule has 2 N–H and O–H groups in total. The Hall–Kier alpha value is -0.870. The second-order valence-corrected chi connectivity index (χ2v) is 5.18. The van der Waals surface area contributed by atoms with Crippen LogP contribution in [0.25, 0.3) is 0 Å². The van der Waals surface area contributed by atoms with Gasteiger partial charge in [-0.25, -0.2) is 0 Å². The Balaban J connectivity index is 1.84. The van der Waals surface area contributed by atoms with Crippen molar-refractivity contribution in [3.8, 4) is 0 Å². The largest absolute Gasteiger partial charge is 0.394 e. The highest BCUT2D eigenvalue weighted by atomic mass is 16.3. The van der Waals surface area contributed by atoms with E-state index in [0.29, 0.717) is 6.54 Å². The van der Waals surface area contributed by atoms with Gasteiger partial charge in [0.25, 0.3) is 0 Å². The Morgan fingerprint density at radius 1 is 1.56 bits per heavy atom. The van der Waals surface area contributed by atoms with E-state index in [-0.39, 0.29) is 12.1 Å². The summed E-state index contributed by atoms with van der Waals surface area (Å²) in [4.78, 5) is 0. The zero-order valence-corrected chi connectivity index (χ0v) is 10.1. The van der Waals surface area contributed by atoms with E-state index in [4.69, 9.17) is 5.11 Å². The lowest BCUT2D eigenvalue weighted by Gasteiger charge is -2.25. The van der Waals surface area contributed by atoms with Gasteiger partial charge in [0.1, 0.15) is 0 Å². The molecule has 4 heteroatoms. The van der Waals surface area contributed by atoms with Crippen LogP contribution >= 0.6 is 0 Å². The van der Waals surface area contributed by atoms with E-state index >= 15 is 0 Å². The second-order valence-electron chi connectivity index (χ2n) is 5.18. The fourth-order valence-electron chi connectivity index (χ4n) is 2.00. The third-order valence-electron chi connectivity index (χ3n) is 3.36. The maximum absolute atomic E-state index is 8.79. The van der Waals surface area contributed by atoms with Crippen LogP contribution in [-0.2, 0) is 13.1 Å². The van der Waals surface area contributed by atoms with E-state index in [2.05, 4.69) is 24.3 Å². The molecular formula is C12H21N3O. The quantitative estimate of drug-likeness (QED) is 0.760. The first-order valence-corrected chi connectivity index (χ1v) is 5.99. The standard InChI is InChI=1S/C12H21N3O/c1-12(2,11-3-4-11)13-7-10-8-14-15(9-10)5-6-16/h8-9,11,13,16H,3-7H2,1-2H3. The maximum atomic E-state index is 8.79. The summed E-state index contributed by atoms with van der Waals surface area (Å²) >= 11 is 0. The van der Waals surface area contributed by atoms with Crippen LogP contribution in [0.3, 0.4) is 0 Å². The molecule has 1 aliphatic carbocycles. The number of aromatic nitrogens is 2. The molecule has 2 rings (SSSR count). The van der Waals surface area contributed by atoms with E-state index in [0.717, 1.165) is 12.5 Å². The minimum Gasteiger partial charge on any atom is -0.394 e. The van der Waals surface area contributed by atoms with Gasteiger partial charge in [-0.1, -0.05) is 0 Å². The average molecular weight is 223 g/mol. The predicted molar refractivity (Wildman–Crippen MR) is 63.0 cm³/mol. The maximum Gasteiger partial charge on any atom is 0.0640 e. The molecule has 4 nitrogen and oxygen atoms in total. The molecule has 0 atom stereocenters. The van der Waals surface area contributed by atoms with Crippen molar-refractivity contribution in [2.24, 2.45) is 5.92 Å². The summed E-state index contributed by atoms with van der Waals surface area (Å²) in [6.45, 7) is 6.11. The summed E-state index contributed by atoms with van der Waals surface area (Å²) in [7, 11) is 0. The van der Waals surface area contributed by atoms with Gasteiger partial charge in [0.05, 0.1) is 19.3 Å². The average Bonchev–Trinajstić information content (AvgIpc) is 3.00. The molecule has 0 spiro atoms. The smallest absolute Gasteiger partial charge is 0.0640 e. The molecule has 1 aromatic rings. The number of aliphatic hydroxyl groups excluding tert-OH is 1. The van der Waals surface area contributed by atoms with Gasteiger partial charge in [-0.2, -0.15) is 5.10 Å². The van der Waals surface area contributed by atoms with Crippen LogP contribution in [0.4, 0.5) is 0 Å². The van der Waals surface area contributed by atoms with Crippen molar-refractivity contribution in [1.82, 2.24) is 15.1 Å². The van der Waals surface area contributed by atoms with Crippen LogP contribution in [0, 0.1) is 5.92 Å². The Bertz CT molecular complexity index is 342. The van der Waals surface area contributed by atoms with Gasteiger partial charge in [0.15, 0.2) is 0 Å². The lowest BCUT2D eigenvalue weighted by atomic mass is 9.98. The molecule has 0 saturated heterocycles. The lowest BCUT2D eigenvalue weighted by Crippen LogP contribution is -2.40. The topological polar surface area (TPSA) is 50.1 Å². The zero-order valence-electron chi connectivity index (χ0n) is 10.1. The van der Waals surface area contributed by atoms with Gasteiger partial charge < -0.3 is 10.4 Å². The van der Waals surface area contributed by atoms with Gasteiger partial charge in [0.2, 0.25) is 0 Å².